The van der Waals surface area contributed by atoms with E-state index in [4.69, 9.17) is 16.3 Å². The van der Waals surface area contributed by atoms with E-state index in [1.54, 1.807) is 41.7 Å². The molecule has 0 aliphatic heterocycles. The molecular weight excluding hydrogens is 316 g/mol. The van der Waals surface area contributed by atoms with Crippen molar-refractivity contribution in [2.24, 2.45) is 7.05 Å². The maximum Gasteiger partial charge on any atom is 0.341 e. The van der Waals surface area contributed by atoms with Gasteiger partial charge < -0.3 is 4.74 Å². The standard InChI is InChI=1S/C16H15ClN4O2/c1-3-23-16(22)14-9-18-20(2)15(14)11-8-19-21(10-11)13-6-4-12(17)5-7-13/h4-10H,3H2,1-2H3. The lowest BCUT2D eigenvalue weighted by Crippen LogP contribution is -2.06. The van der Waals surface area contributed by atoms with Crippen molar-refractivity contribution in [1.29, 1.82) is 0 Å². The molecule has 118 valence electrons. The molecule has 2 aromatic heterocycles. The Hall–Kier alpha value is -2.60. The first-order valence-electron chi connectivity index (χ1n) is 7.10. The summed E-state index contributed by atoms with van der Waals surface area (Å²) in [4.78, 5) is 12.0. The monoisotopic (exact) mass is 330 g/mol. The number of ether oxygens (including phenoxy) is 1. The molecule has 0 aliphatic carbocycles. The highest BCUT2D eigenvalue weighted by Crippen LogP contribution is 2.24. The van der Waals surface area contributed by atoms with Gasteiger partial charge in [-0.2, -0.15) is 10.2 Å². The fraction of sp³-hybridized carbons (Fsp3) is 0.188. The predicted molar refractivity (Wildman–Crippen MR) is 86.7 cm³/mol. The van der Waals surface area contributed by atoms with Crippen LogP contribution in [0.1, 0.15) is 17.3 Å². The lowest BCUT2D eigenvalue weighted by atomic mass is 10.1. The van der Waals surface area contributed by atoms with Crippen LogP contribution >= 0.6 is 11.6 Å². The van der Waals surface area contributed by atoms with Gasteiger partial charge in [-0.25, -0.2) is 9.48 Å². The molecular formula is C16H15ClN4O2. The summed E-state index contributed by atoms with van der Waals surface area (Å²) in [5, 5.41) is 9.16. The number of nitrogens with zero attached hydrogens (tertiary/aromatic N) is 4. The normalized spacial score (nSPS) is 10.7. The van der Waals surface area contributed by atoms with Crippen molar-refractivity contribution in [2.45, 2.75) is 6.92 Å². The lowest BCUT2D eigenvalue weighted by molar-refractivity contribution is 0.0527. The van der Waals surface area contributed by atoms with Gasteiger partial charge in [0.25, 0.3) is 0 Å². The summed E-state index contributed by atoms with van der Waals surface area (Å²) in [7, 11) is 1.78. The summed E-state index contributed by atoms with van der Waals surface area (Å²) >= 11 is 5.90. The van der Waals surface area contributed by atoms with Crippen LogP contribution in [0, 0.1) is 0 Å². The van der Waals surface area contributed by atoms with Gasteiger partial charge in [-0.15, -0.1) is 0 Å². The van der Waals surface area contributed by atoms with Crippen LogP contribution in [-0.2, 0) is 11.8 Å². The van der Waals surface area contributed by atoms with Crippen LogP contribution in [0.3, 0.4) is 0 Å². The molecule has 0 aliphatic rings. The molecule has 2 heterocycles. The molecule has 0 spiro atoms. The summed E-state index contributed by atoms with van der Waals surface area (Å²) < 4.78 is 8.42. The van der Waals surface area contributed by atoms with Crippen molar-refractivity contribution in [3.8, 4) is 16.9 Å². The third-order valence-corrected chi connectivity index (χ3v) is 3.63. The maximum absolute atomic E-state index is 12.0. The average Bonchev–Trinajstić information content (AvgIpc) is 3.14. The van der Waals surface area contributed by atoms with Crippen LogP contribution in [0.5, 0.6) is 0 Å². The van der Waals surface area contributed by atoms with Crippen molar-refractivity contribution in [3.63, 3.8) is 0 Å². The third kappa shape index (κ3) is 2.98. The third-order valence-electron chi connectivity index (χ3n) is 3.38. The number of halogens is 1. The number of hydrogen-bond acceptors (Lipinski definition) is 4. The van der Waals surface area contributed by atoms with Gasteiger partial charge in [0.2, 0.25) is 0 Å². The Labute approximate surface area is 138 Å². The Morgan fingerprint density at radius 3 is 2.65 bits per heavy atom. The first-order chi connectivity index (χ1) is 11.1. The van der Waals surface area contributed by atoms with Gasteiger partial charge in [0, 0.05) is 23.8 Å². The van der Waals surface area contributed by atoms with Crippen molar-refractivity contribution in [3.05, 3.63) is 53.4 Å². The van der Waals surface area contributed by atoms with E-state index in [1.807, 2.05) is 18.3 Å². The van der Waals surface area contributed by atoms with Gasteiger partial charge in [0.1, 0.15) is 5.56 Å². The molecule has 0 unspecified atom stereocenters. The van der Waals surface area contributed by atoms with Crippen LogP contribution in [0.4, 0.5) is 0 Å². The first kappa shape index (κ1) is 15.3. The second-order valence-electron chi connectivity index (χ2n) is 4.90. The Morgan fingerprint density at radius 1 is 1.22 bits per heavy atom. The quantitative estimate of drug-likeness (QED) is 0.690. The van der Waals surface area contributed by atoms with E-state index in [2.05, 4.69) is 10.2 Å². The van der Waals surface area contributed by atoms with Crippen molar-refractivity contribution >= 4 is 17.6 Å². The molecule has 1 aromatic carbocycles. The zero-order valence-electron chi connectivity index (χ0n) is 12.7. The molecule has 0 N–H and O–H groups in total. The lowest BCUT2D eigenvalue weighted by Gasteiger charge is -2.04. The van der Waals surface area contributed by atoms with E-state index >= 15 is 0 Å². The number of rotatable bonds is 4. The number of hydrogen-bond donors (Lipinski definition) is 0. The molecule has 3 aromatic rings. The van der Waals surface area contributed by atoms with Crippen LogP contribution in [0.15, 0.2) is 42.9 Å². The first-order valence-corrected chi connectivity index (χ1v) is 7.48. The van der Waals surface area contributed by atoms with Crippen molar-refractivity contribution in [1.82, 2.24) is 19.6 Å². The number of aryl methyl sites for hydroxylation is 1. The summed E-state index contributed by atoms with van der Waals surface area (Å²) in [6.45, 7) is 2.09. The average molecular weight is 331 g/mol. The SMILES string of the molecule is CCOC(=O)c1cnn(C)c1-c1cnn(-c2ccc(Cl)cc2)c1. The second-order valence-corrected chi connectivity index (χ2v) is 5.34. The molecule has 23 heavy (non-hydrogen) atoms. The maximum atomic E-state index is 12.0. The van der Waals surface area contributed by atoms with Gasteiger partial charge in [0.15, 0.2) is 0 Å². The van der Waals surface area contributed by atoms with Gasteiger partial charge in [-0.1, -0.05) is 11.6 Å². The van der Waals surface area contributed by atoms with Crippen LogP contribution in [0.2, 0.25) is 5.02 Å². The predicted octanol–water partition coefficient (Wildman–Crippen LogP) is 3.10. The van der Waals surface area contributed by atoms with E-state index in [9.17, 15) is 4.79 Å². The summed E-state index contributed by atoms with van der Waals surface area (Å²) in [6, 6.07) is 7.34. The zero-order chi connectivity index (χ0) is 16.4. The van der Waals surface area contributed by atoms with Gasteiger partial charge in [-0.05, 0) is 31.2 Å². The van der Waals surface area contributed by atoms with Crippen LogP contribution < -0.4 is 0 Å². The minimum absolute atomic E-state index is 0.317. The Bertz CT molecular complexity index is 836. The van der Waals surface area contributed by atoms with Crippen LogP contribution in [-0.4, -0.2) is 32.1 Å². The second kappa shape index (κ2) is 6.26. The number of aromatic nitrogens is 4. The Morgan fingerprint density at radius 2 is 1.96 bits per heavy atom. The minimum atomic E-state index is -0.394. The van der Waals surface area contributed by atoms with Gasteiger partial charge >= 0.3 is 5.97 Å². The zero-order valence-corrected chi connectivity index (χ0v) is 13.5. The van der Waals surface area contributed by atoms with E-state index in [0.29, 0.717) is 22.9 Å². The summed E-state index contributed by atoms with van der Waals surface area (Å²) in [5.41, 5.74) is 2.75. The molecule has 0 fully saturated rings. The number of benzene rings is 1. The fourth-order valence-electron chi connectivity index (χ4n) is 2.32. The van der Waals surface area contributed by atoms with E-state index in [-0.39, 0.29) is 0 Å². The Kier molecular flexibility index (Phi) is 4.16. The summed E-state index contributed by atoms with van der Waals surface area (Å²) in [5.74, 6) is -0.394. The highest BCUT2D eigenvalue weighted by atomic mass is 35.5. The van der Waals surface area contributed by atoms with E-state index in [1.165, 1.54) is 6.20 Å². The molecule has 3 rings (SSSR count). The Balaban J connectivity index is 1.99. The summed E-state index contributed by atoms with van der Waals surface area (Å²) in [6.07, 6.45) is 5.03. The van der Waals surface area contributed by atoms with E-state index in [0.717, 1.165) is 11.3 Å². The van der Waals surface area contributed by atoms with Gasteiger partial charge in [-0.3, -0.25) is 4.68 Å². The topological polar surface area (TPSA) is 61.9 Å². The number of carbonyl (C=O) groups is 1. The molecule has 0 atom stereocenters. The number of esters is 1. The molecule has 0 amide bonds. The van der Waals surface area contributed by atoms with Crippen molar-refractivity contribution < 1.29 is 9.53 Å². The smallest absolute Gasteiger partial charge is 0.341 e. The van der Waals surface area contributed by atoms with Gasteiger partial charge in [0.05, 0.1) is 30.4 Å². The largest absolute Gasteiger partial charge is 0.462 e. The van der Waals surface area contributed by atoms with Crippen LogP contribution in [0.25, 0.3) is 16.9 Å². The molecule has 0 saturated heterocycles. The highest BCUT2D eigenvalue weighted by Gasteiger charge is 2.20. The minimum Gasteiger partial charge on any atom is -0.462 e. The van der Waals surface area contributed by atoms with Crippen molar-refractivity contribution in [2.75, 3.05) is 6.61 Å². The molecule has 0 radical (unpaired) electrons. The van der Waals surface area contributed by atoms with E-state index < -0.39 is 5.97 Å². The molecule has 7 heteroatoms. The molecule has 0 saturated carbocycles. The molecule has 6 nitrogen and oxygen atoms in total. The highest BCUT2D eigenvalue weighted by molar-refractivity contribution is 6.30. The molecule has 0 bridgehead atoms. The number of carbonyl (C=O) groups excluding carboxylic acids is 1. The fourth-order valence-corrected chi connectivity index (χ4v) is 2.44.